The molecule has 2 aromatic rings. The number of nitrogens with one attached hydrogen (secondary N) is 2. The van der Waals surface area contributed by atoms with Crippen molar-refractivity contribution in [2.45, 2.75) is 45.6 Å². The van der Waals surface area contributed by atoms with Gasteiger partial charge in [0.1, 0.15) is 0 Å². The number of hydrogen-bond donors (Lipinski definition) is 2. The Morgan fingerprint density at radius 2 is 1.90 bits per heavy atom. The average Bonchev–Trinajstić information content (AvgIpc) is 3.11. The number of imidazole rings is 1. The van der Waals surface area contributed by atoms with Gasteiger partial charge in [0.25, 0.3) is 11.8 Å². The van der Waals surface area contributed by atoms with Gasteiger partial charge in [-0.05, 0) is 70.4 Å². The highest BCUT2D eigenvalue weighted by Crippen LogP contribution is 2.22. The first kappa shape index (κ1) is 21.0. The van der Waals surface area contributed by atoms with Gasteiger partial charge in [-0.25, -0.2) is 4.98 Å². The summed E-state index contributed by atoms with van der Waals surface area (Å²) in [5, 5.41) is 5.86. The SMILES string of the molecule is CCc1ccc(NC(=O)c2nc(C(=O)NCCCN(C)C)n3c2CCCC3)cc1. The summed E-state index contributed by atoms with van der Waals surface area (Å²) in [5.41, 5.74) is 3.18. The van der Waals surface area contributed by atoms with Crippen molar-refractivity contribution in [3.8, 4) is 0 Å². The lowest BCUT2D eigenvalue weighted by Crippen LogP contribution is -2.30. The predicted octanol–water partition coefficient (Wildman–Crippen LogP) is 2.72. The zero-order valence-corrected chi connectivity index (χ0v) is 17.6. The molecular weight excluding hydrogens is 366 g/mol. The van der Waals surface area contributed by atoms with Crippen LogP contribution in [0, 0.1) is 0 Å². The summed E-state index contributed by atoms with van der Waals surface area (Å²) in [4.78, 5) is 32.1. The second-order valence-corrected chi connectivity index (χ2v) is 7.76. The molecule has 1 aliphatic rings. The van der Waals surface area contributed by atoms with Gasteiger partial charge in [0.05, 0.1) is 5.69 Å². The van der Waals surface area contributed by atoms with Crippen LogP contribution in [0.4, 0.5) is 5.69 Å². The molecule has 156 valence electrons. The fourth-order valence-electron chi connectivity index (χ4n) is 3.59. The molecular formula is C22H31N5O2. The lowest BCUT2D eigenvalue weighted by Gasteiger charge is -2.17. The number of anilines is 1. The largest absolute Gasteiger partial charge is 0.349 e. The molecule has 2 heterocycles. The maximum absolute atomic E-state index is 12.9. The lowest BCUT2D eigenvalue weighted by molar-refractivity contribution is 0.0936. The molecule has 0 saturated heterocycles. The van der Waals surface area contributed by atoms with E-state index in [4.69, 9.17) is 0 Å². The zero-order valence-electron chi connectivity index (χ0n) is 17.6. The number of carbonyl (C=O) groups is 2. The van der Waals surface area contributed by atoms with E-state index in [1.165, 1.54) is 5.56 Å². The summed E-state index contributed by atoms with van der Waals surface area (Å²) < 4.78 is 1.92. The predicted molar refractivity (Wildman–Crippen MR) is 114 cm³/mol. The van der Waals surface area contributed by atoms with E-state index in [0.29, 0.717) is 18.1 Å². The van der Waals surface area contributed by atoms with Crippen molar-refractivity contribution in [1.82, 2.24) is 19.8 Å². The number of fused-ring (bicyclic) bond motifs is 1. The van der Waals surface area contributed by atoms with Crippen molar-refractivity contribution in [2.24, 2.45) is 0 Å². The van der Waals surface area contributed by atoms with Crippen LogP contribution < -0.4 is 10.6 Å². The van der Waals surface area contributed by atoms with Crippen LogP contribution in [0.15, 0.2) is 24.3 Å². The summed E-state index contributed by atoms with van der Waals surface area (Å²) in [5.74, 6) is -0.124. The van der Waals surface area contributed by atoms with E-state index in [1.807, 2.05) is 42.9 Å². The highest BCUT2D eigenvalue weighted by atomic mass is 16.2. The van der Waals surface area contributed by atoms with Crippen LogP contribution in [-0.4, -0.2) is 53.5 Å². The fraction of sp³-hybridized carbons (Fsp3) is 0.500. The van der Waals surface area contributed by atoms with Crippen LogP contribution in [0.25, 0.3) is 0 Å². The highest BCUT2D eigenvalue weighted by Gasteiger charge is 2.27. The quantitative estimate of drug-likeness (QED) is 0.672. The summed E-state index contributed by atoms with van der Waals surface area (Å²) in [7, 11) is 4.01. The number of amides is 2. The Balaban J connectivity index is 1.74. The van der Waals surface area contributed by atoms with E-state index < -0.39 is 0 Å². The number of rotatable bonds is 8. The number of carbonyl (C=O) groups excluding carboxylic acids is 2. The van der Waals surface area contributed by atoms with Crippen molar-refractivity contribution in [1.29, 1.82) is 0 Å². The number of aromatic nitrogens is 2. The topological polar surface area (TPSA) is 79.3 Å². The third kappa shape index (κ3) is 5.23. The van der Waals surface area contributed by atoms with Crippen LogP contribution in [0.1, 0.15) is 58.6 Å². The Hall–Kier alpha value is -2.67. The molecule has 1 aliphatic heterocycles. The van der Waals surface area contributed by atoms with Crippen LogP contribution >= 0.6 is 0 Å². The Morgan fingerprint density at radius 3 is 2.59 bits per heavy atom. The number of aryl methyl sites for hydroxylation is 1. The Morgan fingerprint density at radius 1 is 1.14 bits per heavy atom. The molecule has 0 bridgehead atoms. The van der Waals surface area contributed by atoms with Crippen molar-refractivity contribution < 1.29 is 9.59 Å². The monoisotopic (exact) mass is 397 g/mol. The molecule has 2 N–H and O–H groups in total. The molecule has 0 radical (unpaired) electrons. The normalized spacial score (nSPS) is 13.2. The van der Waals surface area contributed by atoms with Crippen molar-refractivity contribution >= 4 is 17.5 Å². The van der Waals surface area contributed by atoms with E-state index in [-0.39, 0.29) is 11.8 Å². The van der Waals surface area contributed by atoms with Gasteiger partial charge in [-0.3, -0.25) is 9.59 Å². The van der Waals surface area contributed by atoms with Gasteiger partial charge in [-0.15, -0.1) is 0 Å². The molecule has 1 aromatic heterocycles. The summed E-state index contributed by atoms with van der Waals surface area (Å²) in [6.45, 7) is 4.31. The van der Waals surface area contributed by atoms with Crippen LogP contribution in [0.3, 0.4) is 0 Å². The van der Waals surface area contributed by atoms with E-state index in [2.05, 4.69) is 27.4 Å². The Bertz CT molecular complexity index is 855. The molecule has 29 heavy (non-hydrogen) atoms. The molecule has 3 rings (SSSR count). The van der Waals surface area contributed by atoms with Gasteiger partial charge in [0, 0.05) is 18.8 Å². The van der Waals surface area contributed by atoms with Gasteiger partial charge < -0.3 is 20.1 Å². The van der Waals surface area contributed by atoms with Gasteiger partial charge in [-0.1, -0.05) is 19.1 Å². The molecule has 7 heteroatoms. The standard InChI is InChI=1S/C22H31N5O2/c1-4-16-9-11-17(12-10-16)24-21(28)19-18-8-5-6-15-27(18)20(25-19)22(29)23-13-7-14-26(2)3/h9-12H,4-8,13-15H2,1-3H3,(H,23,29)(H,24,28). The minimum Gasteiger partial charge on any atom is -0.349 e. The maximum atomic E-state index is 12.9. The highest BCUT2D eigenvalue weighted by molar-refractivity contribution is 6.05. The average molecular weight is 398 g/mol. The fourth-order valence-corrected chi connectivity index (χ4v) is 3.59. The number of benzene rings is 1. The van der Waals surface area contributed by atoms with Crippen LogP contribution in [0.2, 0.25) is 0 Å². The second-order valence-electron chi connectivity index (χ2n) is 7.76. The first-order valence-corrected chi connectivity index (χ1v) is 10.4. The van der Waals surface area contributed by atoms with Gasteiger partial charge in [-0.2, -0.15) is 0 Å². The maximum Gasteiger partial charge on any atom is 0.287 e. The van der Waals surface area contributed by atoms with Crippen LogP contribution in [-0.2, 0) is 19.4 Å². The van der Waals surface area contributed by atoms with Gasteiger partial charge in [0.15, 0.2) is 11.5 Å². The smallest absolute Gasteiger partial charge is 0.287 e. The molecule has 0 unspecified atom stereocenters. The number of nitrogens with zero attached hydrogens (tertiary/aromatic N) is 3. The Labute approximate surface area is 172 Å². The van der Waals surface area contributed by atoms with Crippen molar-refractivity contribution in [3.63, 3.8) is 0 Å². The van der Waals surface area contributed by atoms with Crippen LogP contribution in [0.5, 0.6) is 0 Å². The third-order valence-electron chi connectivity index (χ3n) is 5.22. The molecule has 0 aliphatic carbocycles. The molecule has 7 nitrogen and oxygen atoms in total. The van der Waals surface area contributed by atoms with E-state index in [0.717, 1.165) is 56.6 Å². The minimum atomic E-state index is -0.258. The molecule has 0 fully saturated rings. The Kier molecular flexibility index (Phi) is 7.04. The van der Waals surface area contributed by atoms with E-state index in [9.17, 15) is 9.59 Å². The van der Waals surface area contributed by atoms with Crippen molar-refractivity contribution in [3.05, 3.63) is 47.0 Å². The van der Waals surface area contributed by atoms with Gasteiger partial charge in [0.2, 0.25) is 0 Å². The second kappa shape index (κ2) is 9.69. The minimum absolute atomic E-state index is 0.210. The van der Waals surface area contributed by atoms with E-state index >= 15 is 0 Å². The van der Waals surface area contributed by atoms with Gasteiger partial charge >= 0.3 is 0 Å². The zero-order chi connectivity index (χ0) is 20.8. The van der Waals surface area contributed by atoms with E-state index in [1.54, 1.807) is 0 Å². The molecule has 0 spiro atoms. The van der Waals surface area contributed by atoms with Crippen molar-refractivity contribution in [2.75, 3.05) is 32.5 Å². The molecule has 2 amide bonds. The summed E-state index contributed by atoms with van der Waals surface area (Å²) in [6.07, 6.45) is 4.58. The first-order valence-electron chi connectivity index (χ1n) is 10.4. The third-order valence-corrected chi connectivity index (χ3v) is 5.22. The summed E-state index contributed by atoms with van der Waals surface area (Å²) >= 11 is 0. The summed E-state index contributed by atoms with van der Waals surface area (Å²) in [6, 6.07) is 7.81. The first-order chi connectivity index (χ1) is 14.0. The lowest BCUT2D eigenvalue weighted by atomic mass is 10.1. The molecule has 0 atom stereocenters. The number of hydrogen-bond acceptors (Lipinski definition) is 4. The molecule has 1 aromatic carbocycles. The molecule has 0 saturated carbocycles.